The van der Waals surface area contributed by atoms with Crippen LogP contribution >= 0.6 is 11.6 Å². The summed E-state index contributed by atoms with van der Waals surface area (Å²) < 4.78 is 25.5. The maximum absolute atomic E-state index is 12.4. The summed E-state index contributed by atoms with van der Waals surface area (Å²) in [5.41, 5.74) is 0.129. The fourth-order valence-corrected chi connectivity index (χ4v) is 3.57. The van der Waals surface area contributed by atoms with Gasteiger partial charge in [0.1, 0.15) is 10.9 Å². The molecule has 1 rings (SSSR count). The van der Waals surface area contributed by atoms with E-state index in [2.05, 4.69) is 0 Å². The lowest BCUT2D eigenvalue weighted by molar-refractivity contribution is -0.141. The molecule has 0 aliphatic heterocycles. The molecule has 1 aromatic carbocycles. The predicted octanol–water partition coefficient (Wildman–Crippen LogP) is 1.70. The van der Waals surface area contributed by atoms with E-state index in [0.29, 0.717) is 0 Å². The minimum absolute atomic E-state index is 0.0592. The molecule has 108 valence electrons. The normalized spacial score (nSPS) is 12.9. The zero-order valence-electron chi connectivity index (χ0n) is 10.9. The molecule has 0 aliphatic rings. The summed E-state index contributed by atoms with van der Waals surface area (Å²) in [5, 5.41) is 17.8. The number of aliphatic carboxylic acids is 1. The SMILES string of the molecule is CCC(C(=O)O)N(C)S(=O)(=O)c1cc(C#N)ccc1Cl. The Morgan fingerprint density at radius 3 is 2.60 bits per heavy atom. The average molecular weight is 317 g/mol. The van der Waals surface area contributed by atoms with Gasteiger partial charge >= 0.3 is 5.97 Å². The van der Waals surface area contributed by atoms with E-state index < -0.39 is 22.0 Å². The van der Waals surface area contributed by atoms with Crippen LogP contribution in [0.4, 0.5) is 0 Å². The van der Waals surface area contributed by atoms with E-state index in [0.717, 1.165) is 10.4 Å². The molecule has 1 aromatic rings. The number of likely N-dealkylation sites (N-methyl/N-ethyl adjacent to an activating group) is 1. The van der Waals surface area contributed by atoms with E-state index in [4.69, 9.17) is 22.0 Å². The number of carboxylic acids is 1. The number of nitriles is 1. The fraction of sp³-hybridized carbons (Fsp3) is 0.333. The summed E-state index contributed by atoms with van der Waals surface area (Å²) in [6.07, 6.45) is 0.112. The van der Waals surface area contributed by atoms with Crippen LogP contribution in [0.15, 0.2) is 23.1 Å². The van der Waals surface area contributed by atoms with Crippen molar-refractivity contribution in [1.82, 2.24) is 4.31 Å². The standard InChI is InChI=1S/C12H13ClN2O4S/c1-3-10(12(16)17)15(2)20(18,19)11-6-8(7-14)4-5-9(11)13/h4-6,10H,3H2,1-2H3,(H,16,17). The highest BCUT2D eigenvalue weighted by atomic mass is 35.5. The largest absolute Gasteiger partial charge is 0.480 e. The molecule has 20 heavy (non-hydrogen) atoms. The average Bonchev–Trinajstić information content (AvgIpc) is 2.39. The van der Waals surface area contributed by atoms with Crippen molar-refractivity contribution in [2.45, 2.75) is 24.3 Å². The fourth-order valence-electron chi connectivity index (χ4n) is 1.68. The molecule has 0 radical (unpaired) electrons. The molecule has 0 saturated heterocycles. The van der Waals surface area contributed by atoms with Gasteiger partial charge in [-0.3, -0.25) is 4.79 Å². The van der Waals surface area contributed by atoms with Gasteiger partial charge in [-0.05, 0) is 24.6 Å². The number of carboxylic acid groups (broad SMARTS) is 1. The number of sulfonamides is 1. The number of benzene rings is 1. The van der Waals surface area contributed by atoms with Crippen LogP contribution in [0, 0.1) is 11.3 Å². The first kappa shape index (κ1) is 16.4. The quantitative estimate of drug-likeness (QED) is 0.891. The van der Waals surface area contributed by atoms with E-state index in [9.17, 15) is 13.2 Å². The molecule has 0 fully saturated rings. The topological polar surface area (TPSA) is 98.5 Å². The maximum atomic E-state index is 12.4. The lowest BCUT2D eigenvalue weighted by atomic mass is 10.2. The van der Waals surface area contributed by atoms with Crippen LogP contribution in [-0.2, 0) is 14.8 Å². The van der Waals surface area contributed by atoms with Crippen molar-refractivity contribution in [1.29, 1.82) is 5.26 Å². The van der Waals surface area contributed by atoms with Gasteiger partial charge in [0, 0.05) is 7.05 Å². The highest BCUT2D eigenvalue weighted by Gasteiger charge is 2.33. The lowest BCUT2D eigenvalue weighted by Gasteiger charge is -2.23. The van der Waals surface area contributed by atoms with Gasteiger partial charge in [0.2, 0.25) is 10.0 Å². The Morgan fingerprint density at radius 1 is 1.55 bits per heavy atom. The van der Waals surface area contributed by atoms with Crippen LogP contribution in [0.2, 0.25) is 5.02 Å². The minimum atomic E-state index is -4.09. The van der Waals surface area contributed by atoms with E-state index in [-0.39, 0.29) is 21.9 Å². The molecule has 6 nitrogen and oxygen atoms in total. The van der Waals surface area contributed by atoms with Crippen LogP contribution in [-0.4, -0.2) is 36.9 Å². The molecule has 1 unspecified atom stereocenters. The van der Waals surface area contributed by atoms with Crippen molar-refractivity contribution in [2.75, 3.05) is 7.05 Å². The molecule has 0 aromatic heterocycles. The van der Waals surface area contributed by atoms with E-state index in [1.54, 1.807) is 6.92 Å². The summed E-state index contributed by atoms with van der Waals surface area (Å²) in [7, 11) is -2.92. The molecule has 1 atom stereocenters. The van der Waals surface area contributed by atoms with Gasteiger partial charge in [-0.1, -0.05) is 18.5 Å². The Hall–Kier alpha value is -1.62. The molecule has 1 N–H and O–H groups in total. The van der Waals surface area contributed by atoms with Crippen molar-refractivity contribution >= 4 is 27.6 Å². The Morgan fingerprint density at radius 2 is 2.15 bits per heavy atom. The van der Waals surface area contributed by atoms with Gasteiger partial charge in [-0.15, -0.1) is 0 Å². The number of hydrogen-bond donors (Lipinski definition) is 1. The third-order valence-corrected chi connectivity index (χ3v) is 5.18. The van der Waals surface area contributed by atoms with Crippen LogP contribution in [0.3, 0.4) is 0 Å². The van der Waals surface area contributed by atoms with Gasteiger partial charge in [0.15, 0.2) is 0 Å². The Kier molecular flexibility index (Phi) is 5.11. The lowest BCUT2D eigenvalue weighted by Crippen LogP contribution is -2.42. The summed E-state index contributed by atoms with van der Waals surface area (Å²) in [5.74, 6) is -1.24. The molecule has 0 heterocycles. The van der Waals surface area contributed by atoms with Crippen molar-refractivity contribution in [3.63, 3.8) is 0 Å². The Labute approximate surface area is 122 Å². The second-order valence-corrected chi connectivity index (χ2v) is 6.41. The van der Waals surface area contributed by atoms with Gasteiger partial charge < -0.3 is 5.11 Å². The second kappa shape index (κ2) is 6.22. The first-order valence-electron chi connectivity index (χ1n) is 5.66. The van der Waals surface area contributed by atoms with Gasteiger partial charge in [0.05, 0.1) is 16.7 Å². The summed E-state index contributed by atoms with van der Waals surface area (Å²) in [6, 6.07) is 4.43. The first-order valence-corrected chi connectivity index (χ1v) is 7.48. The van der Waals surface area contributed by atoms with Crippen LogP contribution < -0.4 is 0 Å². The zero-order chi connectivity index (χ0) is 15.5. The van der Waals surface area contributed by atoms with Crippen LogP contribution in [0.25, 0.3) is 0 Å². The zero-order valence-corrected chi connectivity index (χ0v) is 12.4. The minimum Gasteiger partial charge on any atom is -0.480 e. The summed E-state index contributed by atoms with van der Waals surface area (Å²) in [6.45, 7) is 1.57. The maximum Gasteiger partial charge on any atom is 0.321 e. The highest BCUT2D eigenvalue weighted by Crippen LogP contribution is 2.26. The monoisotopic (exact) mass is 316 g/mol. The van der Waals surface area contributed by atoms with Crippen molar-refractivity contribution in [3.8, 4) is 6.07 Å². The van der Waals surface area contributed by atoms with Crippen LogP contribution in [0.5, 0.6) is 0 Å². The van der Waals surface area contributed by atoms with Crippen molar-refractivity contribution in [2.24, 2.45) is 0 Å². The second-order valence-electron chi connectivity index (χ2n) is 4.04. The Bertz CT molecular complexity index is 667. The van der Waals surface area contributed by atoms with Crippen molar-refractivity contribution < 1.29 is 18.3 Å². The smallest absolute Gasteiger partial charge is 0.321 e. The molecule has 0 saturated carbocycles. The number of hydrogen-bond acceptors (Lipinski definition) is 4. The Balaban J connectivity index is 3.37. The van der Waals surface area contributed by atoms with Crippen molar-refractivity contribution in [3.05, 3.63) is 28.8 Å². The number of rotatable bonds is 5. The highest BCUT2D eigenvalue weighted by molar-refractivity contribution is 7.89. The van der Waals surface area contributed by atoms with Crippen LogP contribution in [0.1, 0.15) is 18.9 Å². The molecule has 0 amide bonds. The number of nitrogens with zero attached hydrogens (tertiary/aromatic N) is 2. The molecule has 0 bridgehead atoms. The predicted molar refractivity (Wildman–Crippen MR) is 72.8 cm³/mol. The molecular weight excluding hydrogens is 304 g/mol. The molecular formula is C12H13ClN2O4S. The molecule has 0 spiro atoms. The van der Waals surface area contributed by atoms with Gasteiger partial charge in [-0.25, -0.2) is 8.42 Å². The van der Waals surface area contributed by atoms with E-state index in [1.165, 1.54) is 19.2 Å². The summed E-state index contributed by atoms with van der Waals surface area (Å²) in [4.78, 5) is 10.8. The third-order valence-electron chi connectivity index (χ3n) is 2.83. The van der Waals surface area contributed by atoms with E-state index >= 15 is 0 Å². The number of halogens is 1. The number of carbonyl (C=O) groups is 1. The molecule has 0 aliphatic carbocycles. The summed E-state index contributed by atoms with van der Waals surface area (Å²) >= 11 is 5.85. The van der Waals surface area contributed by atoms with Gasteiger partial charge in [-0.2, -0.15) is 9.57 Å². The van der Waals surface area contributed by atoms with Gasteiger partial charge in [0.25, 0.3) is 0 Å². The third kappa shape index (κ3) is 3.10. The molecule has 8 heteroatoms. The van der Waals surface area contributed by atoms with E-state index in [1.807, 2.05) is 6.07 Å². The first-order chi connectivity index (χ1) is 9.25.